The van der Waals surface area contributed by atoms with Gasteiger partial charge in [-0.3, -0.25) is 4.79 Å². The van der Waals surface area contributed by atoms with E-state index in [2.05, 4.69) is 36.4 Å². The zero-order chi connectivity index (χ0) is 14.6. The molecule has 0 atom stereocenters. The molecule has 1 amide bonds. The summed E-state index contributed by atoms with van der Waals surface area (Å²) in [6, 6.07) is 0.475. The van der Waals surface area contributed by atoms with Gasteiger partial charge in [0.1, 0.15) is 0 Å². The first-order valence-corrected chi connectivity index (χ1v) is 8.22. The Labute approximate surface area is 125 Å². The number of aromatic nitrogens is 1. The van der Waals surface area contributed by atoms with Crippen LogP contribution in [0.4, 0.5) is 0 Å². The molecule has 0 saturated heterocycles. The Balaban J connectivity index is 1.58. The summed E-state index contributed by atoms with van der Waals surface area (Å²) in [7, 11) is 0. The highest BCUT2D eigenvalue weighted by Gasteiger charge is 2.22. The van der Waals surface area contributed by atoms with E-state index >= 15 is 0 Å². The molecule has 2 rings (SSSR count). The van der Waals surface area contributed by atoms with Gasteiger partial charge in [-0.15, -0.1) is 11.3 Å². The first kappa shape index (κ1) is 15.4. The Morgan fingerprint density at radius 3 is 2.80 bits per heavy atom. The highest BCUT2D eigenvalue weighted by atomic mass is 32.1. The predicted octanol–water partition coefficient (Wildman–Crippen LogP) is 2.59. The number of hydrogen-bond donors (Lipinski definition) is 2. The van der Waals surface area contributed by atoms with Crippen molar-refractivity contribution >= 4 is 17.2 Å². The number of rotatable bonds is 7. The fraction of sp³-hybridized carbons (Fsp3) is 0.733. The van der Waals surface area contributed by atoms with Crippen molar-refractivity contribution in [2.45, 2.75) is 64.5 Å². The topological polar surface area (TPSA) is 54.0 Å². The molecule has 1 heterocycles. The minimum atomic E-state index is 0.129. The van der Waals surface area contributed by atoms with E-state index in [1.165, 1.54) is 9.88 Å². The van der Waals surface area contributed by atoms with Gasteiger partial charge in [-0.1, -0.05) is 20.8 Å². The van der Waals surface area contributed by atoms with E-state index in [9.17, 15) is 4.79 Å². The molecule has 1 aliphatic carbocycles. The maximum atomic E-state index is 11.5. The van der Waals surface area contributed by atoms with Crippen LogP contribution in [0, 0.1) is 0 Å². The zero-order valence-corrected chi connectivity index (χ0v) is 13.5. The van der Waals surface area contributed by atoms with Crippen molar-refractivity contribution in [1.82, 2.24) is 15.6 Å². The van der Waals surface area contributed by atoms with E-state index in [-0.39, 0.29) is 11.3 Å². The molecule has 0 bridgehead atoms. The van der Waals surface area contributed by atoms with E-state index in [0.29, 0.717) is 12.5 Å². The highest BCUT2D eigenvalue weighted by Crippen LogP contribution is 2.26. The van der Waals surface area contributed by atoms with Crippen LogP contribution in [0.2, 0.25) is 0 Å². The second-order valence-corrected chi connectivity index (χ2v) is 7.62. The summed E-state index contributed by atoms with van der Waals surface area (Å²) in [6.45, 7) is 8.27. The van der Waals surface area contributed by atoms with Crippen molar-refractivity contribution in [2.75, 3.05) is 6.54 Å². The van der Waals surface area contributed by atoms with Gasteiger partial charge in [-0.2, -0.15) is 0 Å². The molecule has 0 unspecified atom stereocenters. The van der Waals surface area contributed by atoms with E-state index in [0.717, 1.165) is 32.4 Å². The molecule has 1 aromatic heterocycles. The maximum Gasteiger partial charge on any atom is 0.220 e. The van der Waals surface area contributed by atoms with Crippen molar-refractivity contribution in [3.63, 3.8) is 0 Å². The van der Waals surface area contributed by atoms with Gasteiger partial charge in [-0.05, 0) is 25.8 Å². The van der Waals surface area contributed by atoms with Crippen LogP contribution in [-0.4, -0.2) is 23.5 Å². The van der Waals surface area contributed by atoms with Crippen LogP contribution >= 0.6 is 11.3 Å². The van der Waals surface area contributed by atoms with Gasteiger partial charge < -0.3 is 10.6 Å². The van der Waals surface area contributed by atoms with Gasteiger partial charge in [0.2, 0.25) is 5.91 Å². The Morgan fingerprint density at radius 2 is 2.20 bits per heavy atom. The molecule has 0 aliphatic heterocycles. The van der Waals surface area contributed by atoms with Crippen LogP contribution in [0.15, 0.2) is 6.20 Å². The van der Waals surface area contributed by atoms with Crippen molar-refractivity contribution in [3.8, 4) is 0 Å². The smallest absolute Gasteiger partial charge is 0.220 e. The third-order valence-corrected chi connectivity index (χ3v) is 4.62. The average Bonchev–Trinajstić information content (AvgIpc) is 3.02. The third kappa shape index (κ3) is 5.21. The van der Waals surface area contributed by atoms with Gasteiger partial charge in [0, 0.05) is 35.5 Å². The number of thiazole rings is 1. The fourth-order valence-corrected chi connectivity index (χ4v) is 2.79. The number of amides is 1. The number of carbonyl (C=O) groups is 1. The summed E-state index contributed by atoms with van der Waals surface area (Å²) < 4.78 is 0. The van der Waals surface area contributed by atoms with Gasteiger partial charge in [0.05, 0.1) is 5.01 Å². The predicted molar refractivity (Wildman–Crippen MR) is 82.9 cm³/mol. The third-order valence-electron chi connectivity index (χ3n) is 3.19. The molecule has 2 N–H and O–H groups in total. The average molecular weight is 295 g/mol. The van der Waals surface area contributed by atoms with Crippen molar-refractivity contribution in [2.24, 2.45) is 0 Å². The quantitative estimate of drug-likeness (QED) is 0.760. The Bertz CT molecular complexity index is 446. The molecular formula is C15H25N3OS. The fourth-order valence-electron chi connectivity index (χ4n) is 1.85. The molecule has 112 valence electrons. The van der Waals surface area contributed by atoms with E-state index in [1.54, 1.807) is 11.3 Å². The first-order valence-electron chi connectivity index (χ1n) is 7.40. The Morgan fingerprint density at radius 1 is 1.45 bits per heavy atom. The summed E-state index contributed by atoms with van der Waals surface area (Å²) >= 11 is 1.77. The summed E-state index contributed by atoms with van der Waals surface area (Å²) in [5.41, 5.74) is 0.129. The molecule has 1 fully saturated rings. The van der Waals surface area contributed by atoms with Gasteiger partial charge in [0.25, 0.3) is 0 Å². The summed E-state index contributed by atoms with van der Waals surface area (Å²) in [6.07, 6.45) is 5.79. The van der Waals surface area contributed by atoms with Crippen LogP contribution < -0.4 is 10.6 Å². The SMILES string of the molecule is CC(C)(C)c1ncc(CNCCCC(=O)NC2CC2)s1. The minimum Gasteiger partial charge on any atom is -0.353 e. The maximum absolute atomic E-state index is 11.5. The lowest BCUT2D eigenvalue weighted by atomic mass is 9.98. The standard InChI is InChI=1S/C15H25N3OS/c1-15(2,3)14-17-10-12(20-14)9-16-8-4-5-13(19)18-11-6-7-11/h10-11,16H,4-9H2,1-3H3,(H,18,19). The lowest BCUT2D eigenvalue weighted by Crippen LogP contribution is -2.26. The summed E-state index contributed by atoms with van der Waals surface area (Å²) in [5, 5.41) is 7.57. The van der Waals surface area contributed by atoms with Crippen LogP contribution in [0.1, 0.15) is 56.3 Å². The van der Waals surface area contributed by atoms with Crippen molar-refractivity contribution in [1.29, 1.82) is 0 Å². The summed E-state index contributed by atoms with van der Waals surface area (Å²) in [5.74, 6) is 0.196. The molecule has 4 nitrogen and oxygen atoms in total. The molecule has 1 aromatic rings. The van der Waals surface area contributed by atoms with Crippen molar-refractivity contribution in [3.05, 3.63) is 16.1 Å². The van der Waals surface area contributed by atoms with Gasteiger partial charge in [0.15, 0.2) is 0 Å². The molecule has 0 aromatic carbocycles. The van der Waals surface area contributed by atoms with Gasteiger partial charge >= 0.3 is 0 Å². The normalized spacial score (nSPS) is 15.3. The molecule has 0 radical (unpaired) electrons. The molecule has 20 heavy (non-hydrogen) atoms. The molecule has 1 aliphatic rings. The van der Waals surface area contributed by atoms with Crippen LogP contribution in [0.3, 0.4) is 0 Å². The number of nitrogens with zero attached hydrogens (tertiary/aromatic N) is 1. The van der Waals surface area contributed by atoms with Crippen molar-refractivity contribution < 1.29 is 4.79 Å². The molecule has 5 heteroatoms. The number of nitrogens with one attached hydrogen (secondary N) is 2. The Kier molecular flexibility index (Phi) is 5.16. The molecule has 0 spiro atoms. The molecule has 1 saturated carbocycles. The largest absolute Gasteiger partial charge is 0.353 e. The van der Waals surface area contributed by atoms with Crippen LogP contribution in [-0.2, 0) is 16.8 Å². The van der Waals surface area contributed by atoms with E-state index < -0.39 is 0 Å². The summed E-state index contributed by atoms with van der Waals surface area (Å²) in [4.78, 5) is 17.2. The van der Waals surface area contributed by atoms with E-state index in [1.807, 2.05) is 6.20 Å². The van der Waals surface area contributed by atoms with Crippen LogP contribution in [0.5, 0.6) is 0 Å². The second-order valence-electron chi connectivity index (χ2n) is 6.50. The lowest BCUT2D eigenvalue weighted by molar-refractivity contribution is -0.121. The molecular weight excluding hydrogens is 270 g/mol. The monoisotopic (exact) mass is 295 g/mol. The Hall–Kier alpha value is -0.940. The zero-order valence-electron chi connectivity index (χ0n) is 12.7. The number of carbonyl (C=O) groups excluding carboxylic acids is 1. The number of hydrogen-bond acceptors (Lipinski definition) is 4. The van der Waals surface area contributed by atoms with Gasteiger partial charge in [-0.25, -0.2) is 4.98 Å². The van der Waals surface area contributed by atoms with E-state index in [4.69, 9.17) is 0 Å². The first-order chi connectivity index (χ1) is 9.45. The van der Waals surface area contributed by atoms with Crippen LogP contribution in [0.25, 0.3) is 0 Å². The lowest BCUT2D eigenvalue weighted by Gasteiger charge is -2.13. The minimum absolute atomic E-state index is 0.129. The second kappa shape index (κ2) is 6.68. The highest BCUT2D eigenvalue weighted by molar-refractivity contribution is 7.11.